The lowest BCUT2D eigenvalue weighted by atomic mass is 10.1. The van der Waals surface area contributed by atoms with Gasteiger partial charge in [0.2, 0.25) is 0 Å². The summed E-state index contributed by atoms with van der Waals surface area (Å²) >= 11 is 0. The number of nitrogens with zero attached hydrogens (tertiary/aromatic N) is 2. The summed E-state index contributed by atoms with van der Waals surface area (Å²) in [5, 5.41) is 11.9. The highest BCUT2D eigenvalue weighted by atomic mass is 16.5. The first-order valence-electron chi connectivity index (χ1n) is 10.1. The second kappa shape index (κ2) is 11.2. The number of hydrogen-bond donors (Lipinski definition) is 3. The molecule has 1 aliphatic rings. The summed E-state index contributed by atoms with van der Waals surface area (Å²) in [5.41, 5.74) is 6.24. The molecule has 1 amide bonds. The average molecular weight is 440 g/mol. The van der Waals surface area contributed by atoms with E-state index in [0.717, 1.165) is 0 Å². The summed E-state index contributed by atoms with van der Waals surface area (Å²) in [6.45, 7) is 0.427. The number of carbonyl (C=O) groups is 2. The van der Waals surface area contributed by atoms with Crippen LogP contribution in [0.3, 0.4) is 0 Å². The summed E-state index contributed by atoms with van der Waals surface area (Å²) in [5.74, 6) is 5.26. The fraction of sp³-hybridized carbons (Fsp3) is 0.364. The quantitative estimate of drug-likeness (QED) is 0.298. The maximum absolute atomic E-state index is 12.1. The van der Waals surface area contributed by atoms with Crippen LogP contribution in [0.4, 0.5) is 5.82 Å². The SMILES string of the molecule is Nc1nc(=O)n([C@H]2CC[C@@H](CO)O2)cc1C#CCOCCNC(=O)c1ccccc1C=O. The molecule has 1 fully saturated rings. The highest BCUT2D eigenvalue weighted by Gasteiger charge is 2.27. The zero-order valence-electron chi connectivity index (χ0n) is 17.3. The van der Waals surface area contributed by atoms with Gasteiger partial charge in [-0.25, -0.2) is 4.79 Å². The maximum Gasteiger partial charge on any atom is 0.351 e. The van der Waals surface area contributed by atoms with Gasteiger partial charge in [-0.3, -0.25) is 14.2 Å². The molecule has 3 rings (SSSR count). The third-order valence-corrected chi connectivity index (χ3v) is 4.84. The van der Waals surface area contributed by atoms with Crippen molar-refractivity contribution in [3.63, 3.8) is 0 Å². The predicted octanol–water partition coefficient (Wildman–Crippen LogP) is 0.106. The van der Waals surface area contributed by atoms with Crippen LogP contribution in [0.5, 0.6) is 0 Å². The molecule has 4 N–H and O–H groups in total. The van der Waals surface area contributed by atoms with Gasteiger partial charge in [-0.15, -0.1) is 0 Å². The molecule has 2 atom stereocenters. The van der Waals surface area contributed by atoms with Crippen molar-refractivity contribution >= 4 is 18.0 Å². The first-order valence-corrected chi connectivity index (χ1v) is 10.1. The van der Waals surface area contributed by atoms with E-state index in [2.05, 4.69) is 22.1 Å². The number of aromatic nitrogens is 2. The molecule has 1 aliphatic heterocycles. The lowest BCUT2D eigenvalue weighted by Crippen LogP contribution is -2.28. The normalized spacial score (nSPS) is 17.4. The Morgan fingerprint density at radius 1 is 1.41 bits per heavy atom. The summed E-state index contributed by atoms with van der Waals surface area (Å²) < 4.78 is 12.3. The van der Waals surface area contributed by atoms with Crippen LogP contribution in [0.15, 0.2) is 35.3 Å². The zero-order chi connectivity index (χ0) is 22.9. The van der Waals surface area contributed by atoms with Crippen molar-refractivity contribution in [1.29, 1.82) is 0 Å². The molecule has 0 radical (unpaired) electrons. The number of benzene rings is 1. The van der Waals surface area contributed by atoms with Crippen LogP contribution in [0.1, 0.15) is 45.3 Å². The highest BCUT2D eigenvalue weighted by Crippen LogP contribution is 2.27. The number of nitrogens with two attached hydrogens (primary N) is 1. The van der Waals surface area contributed by atoms with Crippen LogP contribution in [-0.2, 0) is 9.47 Å². The van der Waals surface area contributed by atoms with Crippen molar-refractivity contribution in [2.24, 2.45) is 0 Å². The molecule has 10 heteroatoms. The number of amides is 1. The molecule has 0 spiro atoms. The first-order chi connectivity index (χ1) is 15.5. The molecule has 0 aliphatic carbocycles. The van der Waals surface area contributed by atoms with Crippen LogP contribution < -0.4 is 16.7 Å². The Morgan fingerprint density at radius 2 is 2.22 bits per heavy atom. The molecule has 2 heterocycles. The third-order valence-electron chi connectivity index (χ3n) is 4.84. The van der Waals surface area contributed by atoms with Crippen molar-refractivity contribution in [2.75, 3.05) is 32.1 Å². The number of carbonyl (C=O) groups excluding carboxylic acids is 2. The Labute approximate surface area is 184 Å². The smallest absolute Gasteiger partial charge is 0.351 e. The van der Waals surface area contributed by atoms with Gasteiger partial charge >= 0.3 is 5.69 Å². The van der Waals surface area contributed by atoms with E-state index in [1.807, 2.05) is 0 Å². The lowest BCUT2D eigenvalue weighted by Gasteiger charge is -2.15. The van der Waals surface area contributed by atoms with Gasteiger partial charge in [0.1, 0.15) is 18.7 Å². The number of rotatable bonds is 8. The highest BCUT2D eigenvalue weighted by molar-refractivity contribution is 6.01. The van der Waals surface area contributed by atoms with E-state index in [0.29, 0.717) is 35.8 Å². The van der Waals surface area contributed by atoms with Gasteiger partial charge in [-0.05, 0) is 18.9 Å². The minimum atomic E-state index is -0.542. The molecule has 0 bridgehead atoms. The van der Waals surface area contributed by atoms with Gasteiger partial charge in [-0.2, -0.15) is 4.98 Å². The van der Waals surface area contributed by atoms with E-state index in [4.69, 9.17) is 15.2 Å². The number of nitrogen functional groups attached to an aromatic ring is 1. The molecule has 1 aromatic carbocycles. The number of aliphatic hydroxyl groups is 1. The van der Waals surface area contributed by atoms with Gasteiger partial charge in [0.05, 0.1) is 24.9 Å². The summed E-state index contributed by atoms with van der Waals surface area (Å²) in [6, 6.07) is 6.51. The Bertz CT molecular complexity index is 1090. The molecule has 1 aromatic heterocycles. The monoisotopic (exact) mass is 440 g/mol. The van der Waals surface area contributed by atoms with Crippen molar-refractivity contribution in [2.45, 2.75) is 25.2 Å². The predicted molar refractivity (Wildman–Crippen MR) is 115 cm³/mol. The molecule has 10 nitrogen and oxygen atoms in total. The summed E-state index contributed by atoms with van der Waals surface area (Å²) in [6.07, 6.45) is 2.53. The molecule has 32 heavy (non-hydrogen) atoms. The Kier molecular flexibility index (Phi) is 8.10. The minimum Gasteiger partial charge on any atom is -0.394 e. The first kappa shape index (κ1) is 23.1. The average Bonchev–Trinajstić information content (AvgIpc) is 3.28. The topological polar surface area (TPSA) is 146 Å². The van der Waals surface area contributed by atoms with Gasteiger partial charge in [0, 0.05) is 23.9 Å². The van der Waals surface area contributed by atoms with Crippen LogP contribution in [0.2, 0.25) is 0 Å². The molecule has 1 saturated heterocycles. The Morgan fingerprint density at radius 3 is 2.97 bits per heavy atom. The number of hydrogen-bond acceptors (Lipinski definition) is 8. The van der Waals surface area contributed by atoms with E-state index in [-0.39, 0.29) is 44.2 Å². The largest absolute Gasteiger partial charge is 0.394 e. The van der Waals surface area contributed by atoms with E-state index >= 15 is 0 Å². The number of anilines is 1. The van der Waals surface area contributed by atoms with E-state index in [1.54, 1.807) is 24.3 Å². The Hall–Kier alpha value is -3.52. The third kappa shape index (κ3) is 5.79. The summed E-state index contributed by atoms with van der Waals surface area (Å²) in [7, 11) is 0. The molecule has 168 valence electrons. The Balaban J connectivity index is 1.49. The lowest BCUT2D eigenvalue weighted by molar-refractivity contribution is -0.0245. The second-order valence-electron chi connectivity index (χ2n) is 7.02. The molecule has 2 aromatic rings. The maximum atomic E-state index is 12.1. The van der Waals surface area contributed by atoms with Crippen LogP contribution in [0.25, 0.3) is 0 Å². The number of ether oxygens (including phenoxy) is 2. The number of aliphatic hydroxyl groups excluding tert-OH is 1. The minimum absolute atomic E-state index is 0.0107. The van der Waals surface area contributed by atoms with Crippen molar-refractivity contribution in [3.05, 3.63) is 57.6 Å². The van der Waals surface area contributed by atoms with E-state index in [9.17, 15) is 19.5 Å². The number of aldehydes is 1. The molecular weight excluding hydrogens is 416 g/mol. The van der Waals surface area contributed by atoms with Crippen molar-refractivity contribution in [3.8, 4) is 11.8 Å². The van der Waals surface area contributed by atoms with Crippen molar-refractivity contribution < 1.29 is 24.2 Å². The van der Waals surface area contributed by atoms with E-state index < -0.39 is 11.9 Å². The zero-order valence-corrected chi connectivity index (χ0v) is 17.3. The fourth-order valence-corrected chi connectivity index (χ4v) is 3.20. The second-order valence-corrected chi connectivity index (χ2v) is 7.02. The van der Waals surface area contributed by atoms with E-state index in [1.165, 1.54) is 10.8 Å². The molecule has 0 unspecified atom stereocenters. The van der Waals surface area contributed by atoms with Crippen LogP contribution in [0, 0.1) is 11.8 Å². The van der Waals surface area contributed by atoms with Gasteiger partial charge in [0.25, 0.3) is 5.91 Å². The van der Waals surface area contributed by atoms with Gasteiger partial charge in [0.15, 0.2) is 6.29 Å². The van der Waals surface area contributed by atoms with Gasteiger partial charge < -0.3 is 25.6 Å². The number of nitrogens with one attached hydrogen (secondary N) is 1. The van der Waals surface area contributed by atoms with Gasteiger partial charge in [-0.1, -0.05) is 30.0 Å². The van der Waals surface area contributed by atoms with Crippen LogP contribution >= 0.6 is 0 Å². The van der Waals surface area contributed by atoms with Crippen molar-refractivity contribution in [1.82, 2.24) is 14.9 Å². The molecular formula is C22H24N4O6. The molecule has 0 saturated carbocycles. The fourth-order valence-electron chi connectivity index (χ4n) is 3.20. The standard InChI is InChI=1S/C22H24N4O6/c23-20-15(12-26(22(30)25-20)19-8-7-17(14-28)32-19)5-3-10-31-11-9-24-21(29)18-6-2-1-4-16(18)13-27/h1-2,4,6,12-13,17,19,28H,7-11,14H2,(H,24,29)(H2,23,25,30)/t17-,19+/m0/s1. The summed E-state index contributed by atoms with van der Waals surface area (Å²) in [4.78, 5) is 39.0. The van der Waals surface area contributed by atoms with Crippen LogP contribution in [-0.4, -0.2) is 59.3 Å².